The molecule has 3 nitrogen and oxygen atoms in total. The minimum atomic E-state index is 0.167. The topological polar surface area (TPSA) is 41.1 Å². The van der Waals surface area contributed by atoms with Gasteiger partial charge in [-0.2, -0.15) is 0 Å². The zero-order valence-electron chi connectivity index (χ0n) is 10.6. The van der Waals surface area contributed by atoms with Crippen molar-refractivity contribution in [2.24, 2.45) is 5.92 Å². The van der Waals surface area contributed by atoms with E-state index < -0.39 is 0 Å². The number of carbonyl (C=O) groups excluding carboxylic acids is 1. The molecule has 1 aromatic carbocycles. The van der Waals surface area contributed by atoms with E-state index in [-0.39, 0.29) is 11.8 Å². The average Bonchev–Trinajstić information content (AvgIpc) is 2.91. The number of aryl methyl sites for hydroxylation is 1. The third kappa shape index (κ3) is 2.41. The first-order chi connectivity index (χ1) is 8.83. The molecular formula is C15H20N2O. The van der Waals surface area contributed by atoms with Crippen molar-refractivity contribution >= 4 is 5.91 Å². The Labute approximate surface area is 108 Å². The highest BCUT2D eigenvalue weighted by molar-refractivity contribution is 5.79. The first-order valence-corrected chi connectivity index (χ1v) is 6.91. The monoisotopic (exact) mass is 244 g/mol. The fourth-order valence-corrected chi connectivity index (χ4v) is 3.02. The van der Waals surface area contributed by atoms with Gasteiger partial charge in [0.15, 0.2) is 0 Å². The normalized spacial score (nSPS) is 26.7. The summed E-state index contributed by atoms with van der Waals surface area (Å²) < 4.78 is 0. The van der Waals surface area contributed by atoms with Crippen molar-refractivity contribution in [1.29, 1.82) is 0 Å². The number of amides is 1. The lowest BCUT2D eigenvalue weighted by atomic mass is 9.83. The lowest BCUT2D eigenvalue weighted by molar-refractivity contribution is -0.125. The van der Waals surface area contributed by atoms with E-state index in [1.165, 1.54) is 11.1 Å². The summed E-state index contributed by atoms with van der Waals surface area (Å²) in [6, 6.07) is 8.84. The largest absolute Gasteiger partial charge is 0.352 e. The van der Waals surface area contributed by atoms with Crippen LogP contribution in [0.4, 0.5) is 0 Å². The minimum Gasteiger partial charge on any atom is -0.352 e. The summed E-state index contributed by atoms with van der Waals surface area (Å²) >= 11 is 0. The van der Waals surface area contributed by atoms with Gasteiger partial charge in [-0.3, -0.25) is 4.79 Å². The summed E-state index contributed by atoms with van der Waals surface area (Å²) in [7, 11) is 0. The second kappa shape index (κ2) is 5.11. The first kappa shape index (κ1) is 11.7. The van der Waals surface area contributed by atoms with E-state index in [0.29, 0.717) is 6.04 Å². The molecule has 1 aromatic rings. The van der Waals surface area contributed by atoms with Crippen LogP contribution in [0, 0.1) is 5.92 Å². The smallest absolute Gasteiger partial charge is 0.223 e. The standard InChI is InChI=1S/C15H20N2O/c18-15(17-14-7-8-16-10-14)13-6-5-11-3-1-2-4-12(11)9-13/h1-4,13-14,16H,5-10H2,(H,17,18)/t13?,14-/m1/s1. The fraction of sp³-hybridized carbons (Fsp3) is 0.533. The zero-order chi connectivity index (χ0) is 12.4. The summed E-state index contributed by atoms with van der Waals surface area (Å²) in [6.07, 6.45) is 4.00. The summed E-state index contributed by atoms with van der Waals surface area (Å²) in [5.41, 5.74) is 2.78. The average molecular weight is 244 g/mol. The Morgan fingerprint density at radius 3 is 2.83 bits per heavy atom. The van der Waals surface area contributed by atoms with Crippen LogP contribution in [-0.4, -0.2) is 25.0 Å². The van der Waals surface area contributed by atoms with Crippen LogP contribution >= 0.6 is 0 Å². The van der Waals surface area contributed by atoms with Crippen LogP contribution in [0.15, 0.2) is 24.3 Å². The van der Waals surface area contributed by atoms with Crippen LogP contribution in [0.5, 0.6) is 0 Å². The Bertz CT molecular complexity index is 438. The van der Waals surface area contributed by atoms with Gasteiger partial charge in [0.05, 0.1) is 0 Å². The molecule has 1 amide bonds. The van der Waals surface area contributed by atoms with Crippen molar-refractivity contribution < 1.29 is 4.79 Å². The van der Waals surface area contributed by atoms with Gasteiger partial charge in [-0.05, 0) is 43.4 Å². The first-order valence-electron chi connectivity index (χ1n) is 6.91. The van der Waals surface area contributed by atoms with E-state index in [0.717, 1.165) is 38.8 Å². The van der Waals surface area contributed by atoms with E-state index >= 15 is 0 Å². The van der Waals surface area contributed by atoms with E-state index in [9.17, 15) is 4.79 Å². The van der Waals surface area contributed by atoms with E-state index in [2.05, 4.69) is 34.9 Å². The second-order valence-electron chi connectivity index (χ2n) is 5.41. The third-order valence-electron chi connectivity index (χ3n) is 4.12. The molecule has 1 fully saturated rings. The van der Waals surface area contributed by atoms with Crippen LogP contribution in [-0.2, 0) is 17.6 Å². The maximum absolute atomic E-state index is 12.2. The van der Waals surface area contributed by atoms with Crippen LogP contribution in [0.2, 0.25) is 0 Å². The van der Waals surface area contributed by atoms with Crippen LogP contribution in [0.25, 0.3) is 0 Å². The van der Waals surface area contributed by atoms with E-state index in [1.54, 1.807) is 0 Å². The number of hydrogen-bond donors (Lipinski definition) is 2. The number of nitrogens with one attached hydrogen (secondary N) is 2. The molecule has 18 heavy (non-hydrogen) atoms. The molecule has 1 unspecified atom stereocenters. The Kier molecular flexibility index (Phi) is 3.33. The highest BCUT2D eigenvalue weighted by Crippen LogP contribution is 2.25. The molecule has 0 aromatic heterocycles. The predicted octanol–water partition coefficient (Wildman–Crippen LogP) is 1.27. The predicted molar refractivity (Wildman–Crippen MR) is 71.4 cm³/mol. The van der Waals surface area contributed by atoms with Crippen LogP contribution in [0.1, 0.15) is 24.0 Å². The molecule has 3 heteroatoms. The van der Waals surface area contributed by atoms with Gasteiger partial charge in [0.25, 0.3) is 0 Å². The van der Waals surface area contributed by atoms with Crippen molar-refractivity contribution in [2.45, 2.75) is 31.7 Å². The van der Waals surface area contributed by atoms with Crippen molar-refractivity contribution in [1.82, 2.24) is 10.6 Å². The van der Waals surface area contributed by atoms with Gasteiger partial charge in [0.1, 0.15) is 0 Å². The number of fused-ring (bicyclic) bond motifs is 1. The lowest BCUT2D eigenvalue weighted by Gasteiger charge is -2.25. The van der Waals surface area contributed by atoms with E-state index in [1.807, 2.05) is 0 Å². The van der Waals surface area contributed by atoms with Crippen molar-refractivity contribution in [2.75, 3.05) is 13.1 Å². The number of hydrogen-bond acceptors (Lipinski definition) is 2. The molecule has 1 saturated heterocycles. The van der Waals surface area contributed by atoms with E-state index in [4.69, 9.17) is 0 Å². The highest BCUT2D eigenvalue weighted by atomic mass is 16.1. The molecule has 96 valence electrons. The Morgan fingerprint density at radius 2 is 2.06 bits per heavy atom. The Morgan fingerprint density at radius 1 is 1.22 bits per heavy atom. The van der Waals surface area contributed by atoms with Crippen molar-refractivity contribution in [3.05, 3.63) is 35.4 Å². The van der Waals surface area contributed by atoms with Gasteiger partial charge in [0, 0.05) is 18.5 Å². The molecule has 2 N–H and O–H groups in total. The Hall–Kier alpha value is -1.35. The molecule has 0 radical (unpaired) electrons. The molecular weight excluding hydrogens is 224 g/mol. The minimum absolute atomic E-state index is 0.167. The summed E-state index contributed by atoms with van der Waals surface area (Å²) in [5.74, 6) is 0.415. The molecule has 3 rings (SSSR count). The number of rotatable bonds is 2. The van der Waals surface area contributed by atoms with Gasteiger partial charge in [-0.25, -0.2) is 0 Å². The third-order valence-corrected chi connectivity index (χ3v) is 4.12. The molecule has 1 heterocycles. The quantitative estimate of drug-likeness (QED) is 0.822. The summed E-state index contributed by atoms with van der Waals surface area (Å²) in [5, 5.41) is 6.46. The maximum Gasteiger partial charge on any atom is 0.223 e. The summed E-state index contributed by atoms with van der Waals surface area (Å²) in [6.45, 7) is 1.95. The molecule has 1 aliphatic carbocycles. The number of carbonyl (C=O) groups is 1. The second-order valence-corrected chi connectivity index (χ2v) is 5.41. The molecule has 1 aliphatic heterocycles. The number of benzene rings is 1. The zero-order valence-corrected chi connectivity index (χ0v) is 10.6. The highest BCUT2D eigenvalue weighted by Gasteiger charge is 2.26. The molecule has 2 aliphatic rings. The van der Waals surface area contributed by atoms with Gasteiger partial charge < -0.3 is 10.6 Å². The van der Waals surface area contributed by atoms with Crippen LogP contribution < -0.4 is 10.6 Å². The van der Waals surface area contributed by atoms with Gasteiger partial charge >= 0.3 is 0 Å². The molecule has 0 spiro atoms. The van der Waals surface area contributed by atoms with Gasteiger partial charge in [-0.1, -0.05) is 24.3 Å². The fourth-order valence-electron chi connectivity index (χ4n) is 3.02. The lowest BCUT2D eigenvalue weighted by Crippen LogP contribution is -2.41. The molecule has 2 atom stereocenters. The van der Waals surface area contributed by atoms with Crippen molar-refractivity contribution in [3.63, 3.8) is 0 Å². The molecule has 0 bridgehead atoms. The van der Waals surface area contributed by atoms with Gasteiger partial charge in [0.2, 0.25) is 5.91 Å². The SMILES string of the molecule is O=C(N[C@@H]1CCNC1)C1CCc2ccccc2C1. The van der Waals surface area contributed by atoms with Gasteiger partial charge in [-0.15, -0.1) is 0 Å². The van der Waals surface area contributed by atoms with Crippen LogP contribution in [0.3, 0.4) is 0 Å². The summed E-state index contributed by atoms with van der Waals surface area (Å²) in [4.78, 5) is 12.2. The Balaban J connectivity index is 1.62. The van der Waals surface area contributed by atoms with Crippen molar-refractivity contribution in [3.8, 4) is 0 Å². The maximum atomic E-state index is 12.2. The molecule has 0 saturated carbocycles.